The van der Waals surface area contributed by atoms with Gasteiger partial charge in [-0.25, -0.2) is 17.6 Å². The Hall–Kier alpha value is -0.600. The standard InChI is InChI=1S/C10H10F8O/c1-4(19)8(14)5(11)6(12)2-3-7(8,13)10(17,18)9(6,15)16/h4-5,19H,2-3H2,1H3. The van der Waals surface area contributed by atoms with E-state index in [-0.39, 0.29) is 0 Å². The molecule has 112 valence electrons. The van der Waals surface area contributed by atoms with Gasteiger partial charge in [0.1, 0.15) is 0 Å². The van der Waals surface area contributed by atoms with E-state index in [1.807, 2.05) is 0 Å². The van der Waals surface area contributed by atoms with Gasteiger partial charge in [-0.1, -0.05) is 0 Å². The maximum atomic E-state index is 14.2. The van der Waals surface area contributed by atoms with Crippen molar-refractivity contribution in [1.29, 1.82) is 0 Å². The minimum atomic E-state index is -5.76. The summed E-state index contributed by atoms with van der Waals surface area (Å²) in [5.41, 5.74) is -13.7. The van der Waals surface area contributed by atoms with Crippen molar-refractivity contribution in [3.8, 4) is 0 Å². The molecule has 0 aliphatic heterocycles. The van der Waals surface area contributed by atoms with Gasteiger partial charge in [-0.15, -0.1) is 0 Å². The highest BCUT2D eigenvalue weighted by Gasteiger charge is 2.95. The van der Waals surface area contributed by atoms with Crippen LogP contribution in [0.5, 0.6) is 0 Å². The van der Waals surface area contributed by atoms with Crippen LogP contribution >= 0.6 is 0 Å². The van der Waals surface area contributed by atoms with Crippen molar-refractivity contribution in [2.75, 3.05) is 0 Å². The smallest absolute Gasteiger partial charge is 0.350 e. The van der Waals surface area contributed by atoms with Gasteiger partial charge in [0.05, 0.1) is 6.10 Å². The van der Waals surface area contributed by atoms with E-state index < -0.39 is 54.0 Å². The number of hydrogen-bond acceptors (Lipinski definition) is 1. The molecule has 3 fully saturated rings. The molecule has 0 spiro atoms. The van der Waals surface area contributed by atoms with Crippen molar-refractivity contribution in [1.82, 2.24) is 0 Å². The summed E-state index contributed by atoms with van der Waals surface area (Å²) in [7, 11) is 0. The molecule has 19 heavy (non-hydrogen) atoms. The molecule has 5 atom stereocenters. The third-order valence-corrected chi connectivity index (χ3v) is 4.23. The normalized spacial score (nSPS) is 53.1. The molecule has 0 radical (unpaired) electrons. The number of alkyl halides is 8. The number of rotatable bonds is 1. The van der Waals surface area contributed by atoms with Crippen molar-refractivity contribution in [2.45, 2.75) is 60.9 Å². The highest BCUT2D eigenvalue weighted by Crippen LogP contribution is 2.70. The molecule has 5 unspecified atom stereocenters. The number of fused-ring (bicyclic) bond motifs is 3. The molecule has 3 aliphatic carbocycles. The van der Waals surface area contributed by atoms with Crippen LogP contribution in [0.15, 0.2) is 0 Å². The molecule has 9 heteroatoms. The fraction of sp³-hybridized carbons (Fsp3) is 1.00. The maximum Gasteiger partial charge on any atom is 0.350 e. The molecular weight excluding hydrogens is 288 g/mol. The van der Waals surface area contributed by atoms with Gasteiger partial charge < -0.3 is 5.11 Å². The lowest BCUT2D eigenvalue weighted by Gasteiger charge is -2.61. The quantitative estimate of drug-likeness (QED) is 0.738. The molecule has 0 saturated heterocycles. The second-order valence-electron chi connectivity index (χ2n) is 5.12. The Labute approximate surface area is 102 Å². The average Bonchev–Trinajstić information content (AvgIpc) is 2.29. The van der Waals surface area contributed by atoms with E-state index in [0.29, 0.717) is 6.92 Å². The van der Waals surface area contributed by atoms with Crippen molar-refractivity contribution in [3.63, 3.8) is 0 Å². The Bertz CT molecular complexity index is 406. The molecule has 2 bridgehead atoms. The first kappa shape index (κ1) is 14.8. The predicted octanol–water partition coefficient (Wildman–Crippen LogP) is 2.91. The molecule has 3 saturated carbocycles. The number of hydrogen-bond donors (Lipinski definition) is 1. The second-order valence-corrected chi connectivity index (χ2v) is 5.12. The van der Waals surface area contributed by atoms with Crippen molar-refractivity contribution in [2.24, 2.45) is 0 Å². The summed E-state index contributed by atoms with van der Waals surface area (Å²) in [6.45, 7) is 0.409. The molecule has 3 rings (SSSR count). The van der Waals surface area contributed by atoms with Gasteiger partial charge >= 0.3 is 11.8 Å². The lowest BCUT2D eigenvalue weighted by molar-refractivity contribution is -0.424. The predicted molar refractivity (Wildman–Crippen MR) is 47.2 cm³/mol. The lowest BCUT2D eigenvalue weighted by Crippen LogP contribution is -2.87. The first-order valence-corrected chi connectivity index (χ1v) is 5.45. The zero-order valence-electron chi connectivity index (χ0n) is 9.54. The zero-order valence-corrected chi connectivity index (χ0v) is 9.54. The van der Waals surface area contributed by atoms with Gasteiger partial charge in [-0.3, -0.25) is 0 Å². The molecular formula is C10H10F8O. The monoisotopic (exact) mass is 298 g/mol. The minimum absolute atomic E-state index is 0.409. The zero-order chi connectivity index (χ0) is 15.1. The van der Waals surface area contributed by atoms with Crippen molar-refractivity contribution in [3.05, 3.63) is 0 Å². The summed E-state index contributed by atoms with van der Waals surface area (Å²) >= 11 is 0. The highest BCUT2D eigenvalue weighted by atomic mass is 19.3. The minimum Gasteiger partial charge on any atom is -0.390 e. The van der Waals surface area contributed by atoms with Crippen LogP contribution in [-0.4, -0.2) is 46.2 Å². The van der Waals surface area contributed by atoms with Crippen LogP contribution in [0, 0.1) is 0 Å². The van der Waals surface area contributed by atoms with E-state index in [9.17, 15) is 35.1 Å². The van der Waals surface area contributed by atoms with Gasteiger partial charge in [-0.2, -0.15) is 17.6 Å². The van der Waals surface area contributed by atoms with Crippen LogP contribution in [0.2, 0.25) is 0 Å². The highest BCUT2D eigenvalue weighted by molar-refractivity contribution is 5.34. The van der Waals surface area contributed by atoms with Crippen LogP contribution in [0.1, 0.15) is 19.8 Å². The Morgan fingerprint density at radius 3 is 1.84 bits per heavy atom. The third kappa shape index (κ3) is 1.13. The molecule has 0 aromatic rings. The molecule has 0 aromatic heterocycles. The Balaban J connectivity index is 2.75. The van der Waals surface area contributed by atoms with E-state index in [2.05, 4.69) is 0 Å². The van der Waals surface area contributed by atoms with Crippen molar-refractivity contribution >= 4 is 0 Å². The van der Waals surface area contributed by atoms with E-state index >= 15 is 0 Å². The fourth-order valence-electron chi connectivity index (χ4n) is 2.97. The van der Waals surface area contributed by atoms with Gasteiger partial charge in [-0.05, 0) is 19.8 Å². The summed E-state index contributed by atoms with van der Waals surface area (Å²) in [6.07, 6.45) is -9.85. The summed E-state index contributed by atoms with van der Waals surface area (Å²) in [6, 6.07) is 0. The molecule has 0 heterocycles. The molecule has 1 N–H and O–H groups in total. The number of aliphatic hydroxyl groups is 1. The van der Waals surface area contributed by atoms with Gasteiger partial charge in [0, 0.05) is 0 Å². The third-order valence-electron chi connectivity index (χ3n) is 4.23. The lowest BCUT2D eigenvalue weighted by atomic mass is 9.53. The Morgan fingerprint density at radius 1 is 0.947 bits per heavy atom. The van der Waals surface area contributed by atoms with E-state index in [1.54, 1.807) is 0 Å². The van der Waals surface area contributed by atoms with Crippen LogP contribution in [0.3, 0.4) is 0 Å². The second kappa shape index (κ2) is 3.35. The average molecular weight is 298 g/mol. The summed E-state index contributed by atoms with van der Waals surface area (Å²) < 4.78 is 109. The van der Waals surface area contributed by atoms with Gasteiger partial charge in [0.15, 0.2) is 6.17 Å². The van der Waals surface area contributed by atoms with Crippen LogP contribution in [0.4, 0.5) is 35.1 Å². The van der Waals surface area contributed by atoms with Crippen LogP contribution in [0.25, 0.3) is 0 Å². The van der Waals surface area contributed by atoms with E-state index in [1.165, 1.54) is 0 Å². The first-order valence-electron chi connectivity index (χ1n) is 5.45. The maximum absolute atomic E-state index is 14.2. The van der Waals surface area contributed by atoms with Gasteiger partial charge in [0.2, 0.25) is 17.0 Å². The Morgan fingerprint density at radius 2 is 1.42 bits per heavy atom. The van der Waals surface area contributed by atoms with Gasteiger partial charge in [0.25, 0.3) is 0 Å². The number of aliphatic hydroxyl groups excluding tert-OH is 1. The van der Waals surface area contributed by atoms with Crippen molar-refractivity contribution < 1.29 is 40.2 Å². The molecule has 1 nitrogen and oxygen atoms in total. The first-order chi connectivity index (χ1) is 8.31. The van der Waals surface area contributed by atoms with Crippen LogP contribution in [-0.2, 0) is 0 Å². The molecule has 0 aromatic carbocycles. The Kier molecular flexibility index (Phi) is 2.61. The molecule has 3 aliphatic rings. The fourth-order valence-corrected chi connectivity index (χ4v) is 2.97. The van der Waals surface area contributed by atoms with E-state index in [4.69, 9.17) is 5.11 Å². The summed E-state index contributed by atoms with van der Waals surface area (Å²) in [5, 5.41) is 9.01. The topological polar surface area (TPSA) is 20.2 Å². The number of halogens is 8. The summed E-state index contributed by atoms with van der Waals surface area (Å²) in [4.78, 5) is 0. The SMILES string of the molecule is CC(O)C1(F)C(F)C2(F)CCC1(F)C(F)(F)C2(F)F. The van der Waals surface area contributed by atoms with Crippen LogP contribution < -0.4 is 0 Å². The van der Waals surface area contributed by atoms with E-state index in [0.717, 1.165) is 0 Å². The summed E-state index contributed by atoms with van der Waals surface area (Å²) in [5.74, 6) is -11.5. The molecule has 0 amide bonds. The largest absolute Gasteiger partial charge is 0.390 e.